The summed E-state index contributed by atoms with van der Waals surface area (Å²) >= 11 is 0. The van der Waals surface area contributed by atoms with E-state index < -0.39 is 5.97 Å². The van der Waals surface area contributed by atoms with E-state index in [9.17, 15) is 4.79 Å². The van der Waals surface area contributed by atoms with Crippen molar-refractivity contribution < 1.29 is 13.9 Å². The number of hydrogen-bond acceptors (Lipinski definition) is 4. The minimum Gasteiger partial charge on any atom is -0.472 e. The van der Waals surface area contributed by atoms with Crippen LogP contribution in [0.15, 0.2) is 29.2 Å². The monoisotopic (exact) mass is 192 g/mol. The minimum atomic E-state index is -0.438. The second kappa shape index (κ2) is 3.37. The molecule has 5 heteroatoms. The van der Waals surface area contributed by atoms with Gasteiger partial charge in [0.05, 0.1) is 25.1 Å². The Kier molecular flexibility index (Phi) is 2.06. The van der Waals surface area contributed by atoms with Gasteiger partial charge in [-0.1, -0.05) is 0 Å². The molecule has 0 aliphatic rings. The maximum Gasteiger partial charge on any atom is 0.356 e. The zero-order chi connectivity index (χ0) is 9.97. The van der Waals surface area contributed by atoms with Crippen LogP contribution in [0.4, 0.5) is 0 Å². The highest BCUT2D eigenvalue weighted by Crippen LogP contribution is 2.15. The number of furan rings is 1. The summed E-state index contributed by atoms with van der Waals surface area (Å²) in [6.07, 6.45) is 4.50. The van der Waals surface area contributed by atoms with Crippen LogP contribution in [0.2, 0.25) is 0 Å². The minimum absolute atomic E-state index is 0.323. The number of carbonyl (C=O) groups is 1. The number of aromatic nitrogens is 2. The van der Waals surface area contributed by atoms with Crippen LogP contribution in [0.5, 0.6) is 0 Å². The fraction of sp³-hybridized carbons (Fsp3) is 0.111. The van der Waals surface area contributed by atoms with Gasteiger partial charge >= 0.3 is 5.97 Å². The largest absolute Gasteiger partial charge is 0.472 e. The number of ether oxygens (including phenoxy) is 1. The molecule has 0 saturated carbocycles. The van der Waals surface area contributed by atoms with Crippen LogP contribution in [0.3, 0.4) is 0 Å². The molecule has 0 radical (unpaired) electrons. The Morgan fingerprint density at radius 1 is 1.64 bits per heavy atom. The van der Waals surface area contributed by atoms with Crippen molar-refractivity contribution in [3.8, 4) is 11.4 Å². The lowest BCUT2D eigenvalue weighted by Gasteiger charge is -1.92. The lowest BCUT2D eigenvalue weighted by atomic mass is 10.3. The highest BCUT2D eigenvalue weighted by atomic mass is 16.5. The van der Waals surface area contributed by atoms with Crippen molar-refractivity contribution >= 4 is 5.97 Å². The van der Waals surface area contributed by atoms with Crippen LogP contribution in [0.25, 0.3) is 11.4 Å². The number of imidazole rings is 1. The summed E-state index contributed by atoms with van der Waals surface area (Å²) in [5.74, 6) is 0.145. The lowest BCUT2D eigenvalue weighted by molar-refractivity contribution is 0.0595. The van der Waals surface area contributed by atoms with Gasteiger partial charge in [-0.3, -0.25) is 0 Å². The predicted molar refractivity (Wildman–Crippen MR) is 47.6 cm³/mol. The normalized spacial score (nSPS) is 10.1. The van der Waals surface area contributed by atoms with Crippen molar-refractivity contribution in [2.24, 2.45) is 0 Å². The molecule has 2 aromatic rings. The van der Waals surface area contributed by atoms with E-state index in [1.165, 1.54) is 19.6 Å². The third-order valence-corrected chi connectivity index (χ3v) is 1.78. The maximum atomic E-state index is 11.1. The Balaban J connectivity index is 2.31. The molecule has 0 aromatic carbocycles. The number of hydrogen-bond donors (Lipinski definition) is 1. The van der Waals surface area contributed by atoms with E-state index in [0.29, 0.717) is 11.5 Å². The number of carbonyl (C=O) groups excluding carboxylic acids is 1. The number of H-pyrrole nitrogens is 1. The van der Waals surface area contributed by atoms with Crippen molar-refractivity contribution in [1.82, 2.24) is 9.97 Å². The quantitative estimate of drug-likeness (QED) is 0.731. The summed E-state index contributed by atoms with van der Waals surface area (Å²) in [7, 11) is 1.32. The molecule has 0 amide bonds. The molecule has 0 fully saturated rings. The average molecular weight is 192 g/mol. The zero-order valence-corrected chi connectivity index (χ0v) is 7.48. The number of nitrogens with zero attached hydrogens (tertiary/aromatic N) is 1. The van der Waals surface area contributed by atoms with E-state index in [2.05, 4.69) is 14.7 Å². The van der Waals surface area contributed by atoms with Crippen molar-refractivity contribution in [3.05, 3.63) is 30.5 Å². The van der Waals surface area contributed by atoms with Crippen LogP contribution in [-0.4, -0.2) is 23.0 Å². The Morgan fingerprint density at radius 2 is 2.50 bits per heavy atom. The molecule has 2 aromatic heterocycles. The van der Waals surface area contributed by atoms with Crippen molar-refractivity contribution in [3.63, 3.8) is 0 Å². The number of nitrogens with one attached hydrogen (secondary N) is 1. The molecule has 0 aliphatic carbocycles. The molecular weight excluding hydrogens is 184 g/mol. The van der Waals surface area contributed by atoms with Gasteiger partial charge in [0, 0.05) is 0 Å². The average Bonchev–Trinajstić information content (AvgIpc) is 2.86. The van der Waals surface area contributed by atoms with Crippen LogP contribution < -0.4 is 0 Å². The Hall–Kier alpha value is -2.04. The van der Waals surface area contributed by atoms with Crippen molar-refractivity contribution in [2.45, 2.75) is 0 Å². The summed E-state index contributed by atoms with van der Waals surface area (Å²) in [6, 6.07) is 1.75. The van der Waals surface area contributed by atoms with Crippen LogP contribution in [0, 0.1) is 0 Å². The first-order chi connectivity index (χ1) is 6.81. The smallest absolute Gasteiger partial charge is 0.356 e. The Morgan fingerprint density at radius 3 is 3.14 bits per heavy atom. The van der Waals surface area contributed by atoms with E-state index in [1.54, 1.807) is 12.3 Å². The number of methoxy groups -OCH3 is 1. The van der Waals surface area contributed by atoms with E-state index in [0.717, 1.165) is 5.56 Å². The standard InChI is InChI=1S/C9H8N2O3/c1-13-9(12)7-4-10-8(11-7)6-2-3-14-5-6/h2-5H,1H3,(H,10,11). The summed E-state index contributed by atoms with van der Waals surface area (Å²) in [4.78, 5) is 17.9. The molecule has 5 nitrogen and oxygen atoms in total. The van der Waals surface area contributed by atoms with Gasteiger partial charge in [-0.2, -0.15) is 0 Å². The lowest BCUT2D eigenvalue weighted by Crippen LogP contribution is -2.00. The number of rotatable bonds is 2. The molecule has 72 valence electrons. The highest BCUT2D eigenvalue weighted by Gasteiger charge is 2.10. The third-order valence-electron chi connectivity index (χ3n) is 1.78. The first-order valence-corrected chi connectivity index (χ1v) is 3.97. The summed E-state index contributed by atoms with van der Waals surface area (Å²) in [5, 5.41) is 0. The summed E-state index contributed by atoms with van der Waals surface area (Å²) < 4.78 is 9.42. The topological polar surface area (TPSA) is 68.1 Å². The molecule has 0 spiro atoms. The molecule has 0 atom stereocenters. The van der Waals surface area contributed by atoms with E-state index in [-0.39, 0.29) is 0 Å². The second-order valence-electron chi connectivity index (χ2n) is 2.65. The van der Waals surface area contributed by atoms with E-state index >= 15 is 0 Å². The van der Waals surface area contributed by atoms with E-state index in [1.807, 2.05) is 0 Å². The predicted octanol–water partition coefficient (Wildman–Crippen LogP) is 1.46. The molecule has 1 N–H and O–H groups in total. The van der Waals surface area contributed by atoms with E-state index in [4.69, 9.17) is 4.42 Å². The second-order valence-corrected chi connectivity index (χ2v) is 2.65. The molecule has 0 bridgehead atoms. The summed E-state index contributed by atoms with van der Waals surface area (Å²) in [6.45, 7) is 0. The first kappa shape index (κ1) is 8.55. The number of aromatic amines is 1. The van der Waals surface area contributed by atoms with Gasteiger partial charge < -0.3 is 14.1 Å². The van der Waals surface area contributed by atoms with Gasteiger partial charge in [0.15, 0.2) is 0 Å². The third kappa shape index (κ3) is 1.39. The molecule has 14 heavy (non-hydrogen) atoms. The molecule has 2 rings (SSSR count). The van der Waals surface area contributed by atoms with Crippen LogP contribution >= 0.6 is 0 Å². The molecule has 0 saturated heterocycles. The fourth-order valence-corrected chi connectivity index (χ4v) is 1.08. The summed E-state index contributed by atoms with van der Waals surface area (Å²) in [5.41, 5.74) is 1.11. The van der Waals surface area contributed by atoms with Crippen LogP contribution in [0.1, 0.15) is 10.5 Å². The van der Waals surface area contributed by atoms with Gasteiger partial charge in [-0.15, -0.1) is 0 Å². The fourth-order valence-electron chi connectivity index (χ4n) is 1.08. The molecule has 2 heterocycles. The maximum absolute atomic E-state index is 11.1. The molecular formula is C9H8N2O3. The van der Waals surface area contributed by atoms with Gasteiger partial charge in [-0.05, 0) is 6.07 Å². The zero-order valence-electron chi connectivity index (χ0n) is 7.48. The Labute approximate surface area is 79.7 Å². The molecule has 0 unspecified atom stereocenters. The van der Waals surface area contributed by atoms with Gasteiger partial charge in [0.2, 0.25) is 0 Å². The van der Waals surface area contributed by atoms with Gasteiger partial charge in [0.25, 0.3) is 0 Å². The van der Waals surface area contributed by atoms with Gasteiger partial charge in [-0.25, -0.2) is 9.78 Å². The molecule has 0 aliphatic heterocycles. The SMILES string of the molecule is COC(=O)c1cnc(-c2ccoc2)[nH]1. The van der Waals surface area contributed by atoms with Crippen molar-refractivity contribution in [1.29, 1.82) is 0 Å². The van der Waals surface area contributed by atoms with Gasteiger partial charge in [0.1, 0.15) is 17.8 Å². The first-order valence-electron chi connectivity index (χ1n) is 3.97. The highest BCUT2D eigenvalue weighted by molar-refractivity contribution is 5.87. The Bertz CT molecular complexity index is 431. The van der Waals surface area contributed by atoms with Crippen molar-refractivity contribution in [2.75, 3.05) is 7.11 Å². The van der Waals surface area contributed by atoms with Crippen LogP contribution in [-0.2, 0) is 4.74 Å². The number of esters is 1.